The minimum atomic E-state index is 0.153. The average Bonchev–Trinajstić information content (AvgIpc) is 2.67. The molecule has 1 heterocycles. The van der Waals surface area contributed by atoms with Gasteiger partial charge in [0, 0.05) is 25.5 Å². The molecule has 0 aliphatic heterocycles. The van der Waals surface area contributed by atoms with E-state index in [0.717, 1.165) is 37.8 Å². The van der Waals surface area contributed by atoms with Gasteiger partial charge in [-0.25, -0.2) is 0 Å². The van der Waals surface area contributed by atoms with Gasteiger partial charge in [-0.1, -0.05) is 32.0 Å². The Hall–Kier alpha value is -2.56. The zero-order chi connectivity index (χ0) is 19.5. The van der Waals surface area contributed by atoms with E-state index in [2.05, 4.69) is 66.5 Å². The highest BCUT2D eigenvalue weighted by Gasteiger charge is 2.08. The number of hydrogen-bond acceptors (Lipinski definition) is 3. The first kappa shape index (κ1) is 20.7. The molecule has 0 aliphatic carbocycles. The molecule has 1 aromatic carbocycles. The third kappa shape index (κ3) is 7.69. The van der Waals surface area contributed by atoms with E-state index >= 15 is 0 Å². The molecule has 0 fully saturated rings. The molecule has 1 aromatic heterocycles. The van der Waals surface area contributed by atoms with E-state index in [9.17, 15) is 0 Å². The number of nitrogens with one attached hydrogen (secondary N) is 2. The van der Waals surface area contributed by atoms with Gasteiger partial charge in [0.25, 0.3) is 0 Å². The molecular formula is C22H32N4O. The van der Waals surface area contributed by atoms with Crippen LogP contribution in [-0.4, -0.2) is 30.6 Å². The molecule has 2 rings (SSSR count). The molecule has 1 atom stereocenters. The highest BCUT2D eigenvalue weighted by atomic mass is 16.5. The highest BCUT2D eigenvalue weighted by Crippen LogP contribution is 2.18. The molecule has 2 N–H and O–H groups in total. The smallest absolute Gasteiger partial charge is 0.191 e. The Morgan fingerprint density at radius 2 is 1.93 bits per heavy atom. The third-order valence-electron chi connectivity index (χ3n) is 4.05. The highest BCUT2D eigenvalue weighted by molar-refractivity contribution is 5.80. The average molecular weight is 369 g/mol. The Balaban J connectivity index is 1.91. The molecule has 0 saturated heterocycles. The van der Waals surface area contributed by atoms with Crippen molar-refractivity contribution in [3.05, 3.63) is 59.9 Å². The van der Waals surface area contributed by atoms with Crippen molar-refractivity contribution in [2.45, 2.75) is 40.2 Å². The molecular weight excluding hydrogens is 336 g/mol. The van der Waals surface area contributed by atoms with Crippen molar-refractivity contribution in [2.24, 2.45) is 10.9 Å². The Labute approximate surface area is 163 Å². The molecule has 2 aromatic rings. The largest absolute Gasteiger partial charge is 0.493 e. The Morgan fingerprint density at radius 1 is 1.15 bits per heavy atom. The van der Waals surface area contributed by atoms with Gasteiger partial charge in [0.1, 0.15) is 5.75 Å². The van der Waals surface area contributed by atoms with Gasteiger partial charge in [-0.3, -0.25) is 9.98 Å². The van der Waals surface area contributed by atoms with Crippen molar-refractivity contribution in [3.8, 4) is 5.75 Å². The predicted molar refractivity (Wildman–Crippen MR) is 112 cm³/mol. The molecule has 1 unspecified atom stereocenters. The van der Waals surface area contributed by atoms with Crippen LogP contribution in [0.15, 0.2) is 53.8 Å². The van der Waals surface area contributed by atoms with E-state index in [-0.39, 0.29) is 6.04 Å². The lowest BCUT2D eigenvalue weighted by Crippen LogP contribution is -2.38. The molecule has 0 spiro atoms. The number of hydrogen-bond donors (Lipinski definition) is 2. The normalized spacial score (nSPS) is 12.7. The maximum atomic E-state index is 5.76. The van der Waals surface area contributed by atoms with Crippen LogP contribution in [-0.2, 0) is 6.42 Å². The number of aliphatic imine (C=N–C) groups is 1. The minimum Gasteiger partial charge on any atom is -0.493 e. The maximum absolute atomic E-state index is 5.76. The summed E-state index contributed by atoms with van der Waals surface area (Å²) in [5.41, 5.74) is 2.40. The van der Waals surface area contributed by atoms with Crippen LogP contribution >= 0.6 is 0 Å². The number of benzene rings is 1. The van der Waals surface area contributed by atoms with E-state index < -0.39 is 0 Å². The molecule has 5 heteroatoms. The zero-order valence-electron chi connectivity index (χ0n) is 16.9. The lowest BCUT2D eigenvalue weighted by atomic mass is 10.1. The molecule has 0 aliphatic rings. The fourth-order valence-corrected chi connectivity index (χ4v) is 2.57. The number of rotatable bonds is 9. The van der Waals surface area contributed by atoms with Crippen LogP contribution in [0.25, 0.3) is 0 Å². The molecule has 27 heavy (non-hydrogen) atoms. The second-order valence-corrected chi connectivity index (χ2v) is 7.01. The van der Waals surface area contributed by atoms with Gasteiger partial charge < -0.3 is 15.4 Å². The number of guanidine groups is 1. The zero-order valence-corrected chi connectivity index (χ0v) is 16.9. The Bertz CT molecular complexity index is 683. The van der Waals surface area contributed by atoms with E-state index in [1.807, 2.05) is 24.4 Å². The van der Waals surface area contributed by atoms with Gasteiger partial charge in [0.05, 0.1) is 12.6 Å². The Morgan fingerprint density at radius 3 is 2.56 bits per heavy atom. The van der Waals surface area contributed by atoms with Crippen molar-refractivity contribution in [2.75, 3.05) is 19.7 Å². The summed E-state index contributed by atoms with van der Waals surface area (Å²) < 4.78 is 5.76. The minimum absolute atomic E-state index is 0.153. The first-order valence-corrected chi connectivity index (χ1v) is 9.75. The molecule has 0 amide bonds. The van der Waals surface area contributed by atoms with E-state index in [4.69, 9.17) is 4.74 Å². The van der Waals surface area contributed by atoms with Crippen LogP contribution in [0.2, 0.25) is 0 Å². The lowest BCUT2D eigenvalue weighted by Gasteiger charge is -2.18. The summed E-state index contributed by atoms with van der Waals surface area (Å²) in [7, 11) is 0. The topological polar surface area (TPSA) is 58.5 Å². The van der Waals surface area contributed by atoms with Crippen molar-refractivity contribution in [1.29, 1.82) is 0 Å². The summed E-state index contributed by atoms with van der Waals surface area (Å²) >= 11 is 0. The van der Waals surface area contributed by atoms with Crippen LogP contribution in [0.3, 0.4) is 0 Å². The van der Waals surface area contributed by atoms with Gasteiger partial charge in [0.2, 0.25) is 0 Å². The van der Waals surface area contributed by atoms with Crippen molar-refractivity contribution in [3.63, 3.8) is 0 Å². The second-order valence-electron chi connectivity index (χ2n) is 7.01. The van der Waals surface area contributed by atoms with Gasteiger partial charge in [-0.05, 0) is 55.5 Å². The summed E-state index contributed by atoms with van der Waals surface area (Å²) in [5.74, 6) is 2.27. The van der Waals surface area contributed by atoms with Crippen LogP contribution in [0.1, 0.15) is 44.9 Å². The molecule has 0 saturated carbocycles. The number of aromatic nitrogens is 1. The monoisotopic (exact) mass is 368 g/mol. The SMILES string of the molecule is CCNC(=NCCc1cccnc1)NC(C)c1ccc(OCC(C)C)cc1. The molecule has 0 radical (unpaired) electrons. The molecule has 146 valence electrons. The van der Waals surface area contributed by atoms with E-state index in [1.54, 1.807) is 6.20 Å². The third-order valence-corrected chi connectivity index (χ3v) is 4.05. The Kier molecular flexibility index (Phi) is 8.62. The predicted octanol–water partition coefficient (Wildman–Crippen LogP) is 3.98. The van der Waals surface area contributed by atoms with Crippen LogP contribution in [0.5, 0.6) is 5.75 Å². The molecule has 5 nitrogen and oxygen atoms in total. The van der Waals surface area contributed by atoms with Crippen molar-refractivity contribution < 1.29 is 4.74 Å². The summed E-state index contributed by atoms with van der Waals surface area (Å²) in [6.07, 6.45) is 4.56. The van der Waals surface area contributed by atoms with Gasteiger partial charge in [0.15, 0.2) is 5.96 Å². The first-order chi connectivity index (χ1) is 13.1. The number of pyridine rings is 1. The lowest BCUT2D eigenvalue weighted by molar-refractivity contribution is 0.271. The fourth-order valence-electron chi connectivity index (χ4n) is 2.57. The molecule has 0 bridgehead atoms. The standard InChI is InChI=1S/C22H32N4O/c1-5-24-22(25-14-12-19-7-6-13-23-15-19)26-18(4)20-8-10-21(11-9-20)27-16-17(2)3/h6-11,13,15,17-18H,5,12,14,16H2,1-4H3,(H2,24,25,26). The van der Waals surface area contributed by atoms with Crippen molar-refractivity contribution in [1.82, 2.24) is 15.6 Å². The van der Waals surface area contributed by atoms with Gasteiger partial charge in [-0.2, -0.15) is 0 Å². The summed E-state index contributed by atoms with van der Waals surface area (Å²) in [6, 6.07) is 12.5. The summed E-state index contributed by atoms with van der Waals surface area (Å²) in [5, 5.41) is 6.78. The number of nitrogens with zero attached hydrogens (tertiary/aromatic N) is 2. The van der Waals surface area contributed by atoms with Crippen LogP contribution in [0.4, 0.5) is 0 Å². The van der Waals surface area contributed by atoms with Crippen molar-refractivity contribution >= 4 is 5.96 Å². The summed E-state index contributed by atoms with van der Waals surface area (Å²) in [4.78, 5) is 8.83. The van der Waals surface area contributed by atoms with E-state index in [0.29, 0.717) is 5.92 Å². The number of ether oxygens (including phenoxy) is 1. The van der Waals surface area contributed by atoms with E-state index in [1.165, 1.54) is 11.1 Å². The van der Waals surface area contributed by atoms with Crippen LogP contribution in [0, 0.1) is 5.92 Å². The maximum Gasteiger partial charge on any atom is 0.191 e. The van der Waals surface area contributed by atoms with Crippen LogP contribution < -0.4 is 15.4 Å². The quantitative estimate of drug-likeness (QED) is 0.519. The van der Waals surface area contributed by atoms with Gasteiger partial charge >= 0.3 is 0 Å². The fraction of sp³-hybridized carbons (Fsp3) is 0.455. The first-order valence-electron chi connectivity index (χ1n) is 9.75. The summed E-state index contributed by atoms with van der Waals surface area (Å²) in [6.45, 7) is 10.8. The van der Waals surface area contributed by atoms with Gasteiger partial charge in [-0.15, -0.1) is 0 Å². The second kappa shape index (κ2) is 11.2.